The van der Waals surface area contributed by atoms with E-state index in [1.165, 1.54) is 15.3 Å². The zero-order chi connectivity index (χ0) is 18.1. The van der Waals surface area contributed by atoms with Gasteiger partial charge >= 0.3 is 0 Å². The molecule has 1 heterocycles. The first-order valence-electron chi connectivity index (χ1n) is 8.55. The van der Waals surface area contributed by atoms with E-state index in [0.717, 1.165) is 43.5 Å². The molecule has 0 aliphatic heterocycles. The Morgan fingerprint density at radius 2 is 2.00 bits per heavy atom. The Morgan fingerprint density at radius 3 is 2.60 bits per heavy atom. The van der Waals surface area contributed by atoms with Crippen molar-refractivity contribution in [2.45, 2.75) is 19.5 Å². The van der Waals surface area contributed by atoms with E-state index in [1.54, 1.807) is 18.4 Å². The molecular formula is C19H28N3OS2+. The second-order valence-electron chi connectivity index (χ2n) is 6.32. The van der Waals surface area contributed by atoms with Crippen LogP contribution < -0.4 is 15.0 Å². The monoisotopic (exact) mass is 378 g/mol. The molecule has 0 saturated carbocycles. The summed E-state index contributed by atoms with van der Waals surface area (Å²) in [4.78, 5) is 5.08. The molecule has 2 rings (SSSR count). The summed E-state index contributed by atoms with van der Waals surface area (Å²) >= 11 is 7.44. The SMILES string of the molecule is COc1ccc(CNC(=S)N(CCC[NH+](C)C)Cc2cccs2)cc1. The van der Waals surface area contributed by atoms with E-state index in [9.17, 15) is 0 Å². The minimum absolute atomic E-state index is 0.725. The molecule has 0 saturated heterocycles. The van der Waals surface area contributed by atoms with Gasteiger partial charge in [0.25, 0.3) is 0 Å². The molecule has 0 radical (unpaired) electrons. The number of nitrogens with one attached hydrogen (secondary N) is 2. The summed E-state index contributed by atoms with van der Waals surface area (Å²) in [6, 6.07) is 12.3. The van der Waals surface area contributed by atoms with E-state index in [-0.39, 0.29) is 0 Å². The molecule has 0 fully saturated rings. The number of rotatable bonds is 9. The first-order chi connectivity index (χ1) is 12.1. The smallest absolute Gasteiger partial charge is 0.169 e. The van der Waals surface area contributed by atoms with Crippen molar-refractivity contribution in [1.29, 1.82) is 0 Å². The van der Waals surface area contributed by atoms with Crippen LogP contribution in [-0.2, 0) is 13.1 Å². The number of thiocarbonyl (C=S) groups is 1. The summed E-state index contributed by atoms with van der Waals surface area (Å²) in [5, 5.41) is 6.34. The molecule has 0 atom stereocenters. The standard InChI is InChI=1S/C19H27N3OS2/c1-21(2)11-5-12-22(15-18-6-4-13-25-18)19(24)20-14-16-7-9-17(23-3)10-8-16/h4,6-10,13H,5,11-12,14-15H2,1-3H3,(H,20,24)/p+1. The van der Waals surface area contributed by atoms with Crippen molar-refractivity contribution in [2.75, 3.05) is 34.3 Å². The predicted molar refractivity (Wildman–Crippen MR) is 109 cm³/mol. The number of ether oxygens (including phenoxy) is 1. The first-order valence-corrected chi connectivity index (χ1v) is 9.84. The fraction of sp³-hybridized carbons (Fsp3) is 0.421. The van der Waals surface area contributed by atoms with Gasteiger partial charge in [0.05, 0.1) is 34.3 Å². The van der Waals surface area contributed by atoms with Crippen LogP contribution in [0.25, 0.3) is 0 Å². The quantitative estimate of drug-likeness (QED) is 0.655. The number of benzene rings is 1. The molecule has 0 bridgehead atoms. The molecule has 4 nitrogen and oxygen atoms in total. The minimum Gasteiger partial charge on any atom is -0.497 e. The van der Waals surface area contributed by atoms with Crippen molar-refractivity contribution >= 4 is 28.7 Å². The molecule has 1 aromatic carbocycles. The summed E-state index contributed by atoms with van der Waals surface area (Å²) in [6.45, 7) is 3.71. The van der Waals surface area contributed by atoms with Crippen LogP contribution in [0.3, 0.4) is 0 Å². The Hall–Kier alpha value is -1.63. The van der Waals surface area contributed by atoms with Crippen molar-refractivity contribution in [3.8, 4) is 5.75 Å². The number of quaternary nitrogens is 1. The van der Waals surface area contributed by atoms with Gasteiger partial charge in [0, 0.05) is 24.4 Å². The van der Waals surface area contributed by atoms with Crippen LogP contribution in [0.2, 0.25) is 0 Å². The zero-order valence-electron chi connectivity index (χ0n) is 15.2. The van der Waals surface area contributed by atoms with Gasteiger partial charge in [0.15, 0.2) is 5.11 Å². The van der Waals surface area contributed by atoms with E-state index in [4.69, 9.17) is 17.0 Å². The summed E-state index contributed by atoms with van der Waals surface area (Å²) < 4.78 is 5.20. The van der Waals surface area contributed by atoms with Crippen molar-refractivity contribution in [1.82, 2.24) is 10.2 Å². The van der Waals surface area contributed by atoms with Gasteiger partial charge in [-0.05, 0) is 41.4 Å². The normalized spacial score (nSPS) is 10.7. The zero-order valence-corrected chi connectivity index (χ0v) is 16.9. The molecule has 0 aliphatic carbocycles. The van der Waals surface area contributed by atoms with Gasteiger partial charge in [0.2, 0.25) is 0 Å². The molecule has 2 aromatic rings. The van der Waals surface area contributed by atoms with Gasteiger partial charge in [0.1, 0.15) is 5.75 Å². The Labute approximate surface area is 160 Å². The number of nitrogens with zero attached hydrogens (tertiary/aromatic N) is 1. The molecule has 25 heavy (non-hydrogen) atoms. The van der Waals surface area contributed by atoms with Crippen LogP contribution in [0.5, 0.6) is 5.75 Å². The lowest BCUT2D eigenvalue weighted by Crippen LogP contribution is -3.05. The summed E-state index contributed by atoms with van der Waals surface area (Å²) in [5.74, 6) is 0.872. The second kappa shape index (κ2) is 10.4. The molecule has 1 aromatic heterocycles. The molecule has 2 N–H and O–H groups in total. The lowest BCUT2D eigenvalue weighted by molar-refractivity contribution is -0.858. The second-order valence-corrected chi connectivity index (χ2v) is 7.74. The van der Waals surface area contributed by atoms with Gasteiger partial charge in [-0.25, -0.2) is 0 Å². The van der Waals surface area contributed by atoms with Crippen molar-refractivity contribution in [3.05, 3.63) is 52.2 Å². The molecule has 0 amide bonds. The highest BCUT2D eigenvalue weighted by Crippen LogP contribution is 2.13. The Morgan fingerprint density at radius 1 is 1.24 bits per heavy atom. The predicted octanol–water partition coefficient (Wildman–Crippen LogP) is 2.17. The Balaban J connectivity index is 1.90. The third-order valence-electron chi connectivity index (χ3n) is 3.92. The van der Waals surface area contributed by atoms with Crippen LogP contribution in [0.15, 0.2) is 41.8 Å². The number of thiophene rings is 1. The van der Waals surface area contributed by atoms with Gasteiger partial charge < -0.3 is 19.9 Å². The maximum atomic E-state index is 5.66. The van der Waals surface area contributed by atoms with Gasteiger partial charge in [-0.1, -0.05) is 18.2 Å². The number of methoxy groups -OCH3 is 1. The van der Waals surface area contributed by atoms with Crippen LogP contribution in [0, 0.1) is 0 Å². The fourth-order valence-electron chi connectivity index (χ4n) is 2.50. The van der Waals surface area contributed by atoms with E-state index in [2.05, 4.69) is 54.0 Å². The average molecular weight is 379 g/mol. The van der Waals surface area contributed by atoms with Crippen LogP contribution >= 0.6 is 23.6 Å². The number of hydrogen-bond donors (Lipinski definition) is 2. The van der Waals surface area contributed by atoms with Crippen molar-refractivity contribution in [3.63, 3.8) is 0 Å². The maximum absolute atomic E-state index is 5.66. The summed E-state index contributed by atoms with van der Waals surface area (Å²) in [6.07, 6.45) is 1.12. The molecule has 0 aliphatic rings. The van der Waals surface area contributed by atoms with E-state index in [0.29, 0.717) is 0 Å². The summed E-state index contributed by atoms with van der Waals surface area (Å²) in [7, 11) is 6.05. The Bertz CT molecular complexity index is 627. The third kappa shape index (κ3) is 7.02. The van der Waals surface area contributed by atoms with E-state index >= 15 is 0 Å². The Kier molecular flexibility index (Phi) is 8.18. The van der Waals surface area contributed by atoms with Crippen LogP contribution in [-0.4, -0.2) is 44.3 Å². The largest absolute Gasteiger partial charge is 0.497 e. The van der Waals surface area contributed by atoms with Crippen LogP contribution in [0.1, 0.15) is 16.9 Å². The maximum Gasteiger partial charge on any atom is 0.169 e. The van der Waals surface area contributed by atoms with Gasteiger partial charge in [-0.2, -0.15) is 0 Å². The fourth-order valence-corrected chi connectivity index (χ4v) is 3.45. The molecule has 6 heteroatoms. The highest BCUT2D eigenvalue weighted by Gasteiger charge is 2.11. The average Bonchev–Trinajstić information content (AvgIpc) is 3.12. The van der Waals surface area contributed by atoms with Crippen molar-refractivity contribution in [2.24, 2.45) is 0 Å². The van der Waals surface area contributed by atoms with E-state index in [1.807, 2.05) is 12.1 Å². The topological polar surface area (TPSA) is 28.9 Å². The van der Waals surface area contributed by atoms with E-state index < -0.39 is 0 Å². The van der Waals surface area contributed by atoms with Gasteiger partial charge in [-0.3, -0.25) is 0 Å². The van der Waals surface area contributed by atoms with Gasteiger partial charge in [-0.15, -0.1) is 11.3 Å². The molecule has 0 spiro atoms. The molecular weight excluding hydrogens is 350 g/mol. The summed E-state index contributed by atoms with van der Waals surface area (Å²) in [5.41, 5.74) is 1.19. The highest BCUT2D eigenvalue weighted by molar-refractivity contribution is 7.80. The highest BCUT2D eigenvalue weighted by atomic mass is 32.1. The third-order valence-corrected chi connectivity index (χ3v) is 5.19. The first kappa shape index (κ1) is 19.7. The number of hydrogen-bond acceptors (Lipinski definition) is 3. The molecule has 136 valence electrons. The van der Waals surface area contributed by atoms with Crippen LogP contribution in [0.4, 0.5) is 0 Å². The van der Waals surface area contributed by atoms with Crippen molar-refractivity contribution < 1.29 is 9.64 Å². The molecule has 0 unspecified atom stereocenters. The lowest BCUT2D eigenvalue weighted by atomic mass is 10.2. The lowest BCUT2D eigenvalue weighted by Gasteiger charge is -2.25. The minimum atomic E-state index is 0.725.